The van der Waals surface area contributed by atoms with E-state index >= 15 is 0 Å². The second-order valence-electron chi connectivity index (χ2n) is 7.70. The monoisotopic (exact) mass is 471 g/mol. The van der Waals surface area contributed by atoms with Gasteiger partial charge in [0, 0.05) is 17.2 Å². The Kier molecular flexibility index (Phi) is 5.76. The summed E-state index contributed by atoms with van der Waals surface area (Å²) in [4.78, 5) is 36.4. The van der Waals surface area contributed by atoms with Gasteiger partial charge in [0.2, 0.25) is 0 Å². The molecule has 1 fully saturated rings. The van der Waals surface area contributed by atoms with E-state index in [1.165, 1.54) is 0 Å². The number of anilines is 1. The number of hydrogen-bond donors (Lipinski definition) is 4. The first kappa shape index (κ1) is 22.0. The first-order valence-electron chi connectivity index (χ1n) is 10.9. The number of nitrogens with zero attached hydrogens (tertiary/aromatic N) is 1. The van der Waals surface area contributed by atoms with Crippen molar-refractivity contribution in [1.82, 2.24) is 16.1 Å². The van der Waals surface area contributed by atoms with Crippen LogP contribution in [0.4, 0.5) is 5.69 Å². The van der Waals surface area contributed by atoms with Crippen molar-refractivity contribution in [1.29, 1.82) is 0 Å². The van der Waals surface area contributed by atoms with E-state index in [4.69, 9.17) is 9.15 Å². The molecule has 176 valence electrons. The highest BCUT2D eigenvalue weighted by Gasteiger charge is 2.28. The van der Waals surface area contributed by atoms with Gasteiger partial charge in [-0.25, -0.2) is 4.79 Å². The molecule has 35 heavy (non-hydrogen) atoms. The molecule has 5 rings (SSSR count). The number of amides is 2. The Balaban J connectivity index is 1.26. The number of para-hydroxylation sites is 1. The highest BCUT2D eigenvalue weighted by molar-refractivity contribution is 6.53. The van der Waals surface area contributed by atoms with E-state index in [1.54, 1.807) is 61.5 Å². The summed E-state index contributed by atoms with van der Waals surface area (Å²) in [7, 11) is 0. The van der Waals surface area contributed by atoms with Gasteiger partial charge in [-0.3, -0.25) is 15.0 Å². The number of furan rings is 1. The van der Waals surface area contributed by atoms with Crippen LogP contribution in [0.25, 0.3) is 17.4 Å². The highest BCUT2D eigenvalue weighted by atomic mass is 16.5. The number of fused-ring (bicyclic) bond motifs is 1. The van der Waals surface area contributed by atoms with Crippen LogP contribution in [0.5, 0.6) is 0 Å². The van der Waals surface area contributed by atoms with Gasteiger partial charge in [0.15, 0.2) is 12.0 Å². The van der Waals surface area contributed by atoms with Crippen LogP contribution in [-0.2, 0) is 14.3 Å². The number of hydrogen-bond acceptors (Lipinski definition) is 8. The maximum Gasteiger partial charge on any atom is 0.338 e. The van der Waals surface area contributed by atoms with E-state index in [0.717, 1.165) is 5.56 Å². The van der Waals surface area contributed by atoms with Gasteiger partial charge in [-0.05, 0) is 37.3 Å². The molecule has 0 radical (unpaired) electrons. The fourth-order valence-corrected chi connectivity index (χ4v) is 3.69. The summed E-state index contributed by atoms with van der Waals surface area (Å²) in [6.45, 7) is 2.06. The zero-order chi connectivity index (χ0) is 24.4. The number of nitrogens with one attached hydrogen (secondary N) is 4. The van der Waals surface area contributed by atoms with Gasteiger partial charge in [0.25, 0.3) is 11.8 Å². The van der Waals surface area contributed by atoms with Gasteiger partial charge in [0.05, 0.1) is 17.9 Å². The topological polar surface area (TPSA) is 134 Å². The summed E-state index contributed by atoms with van der Waals surface area (Å²) < 4.78 is 10.8. The molecule has 1 atom stereocenters. The summed E-state index contributed by atoms with van der Waals surface area (Å²) in [6, 6.07) is 17.6. The van der Waals surface area contributed by atoms with Gasteiger partial charge in [0.1, 0.15) is 17.2 Å². The average Bonchev–Trinajstić information content (AvgIpc) is 3.55. The SMILES string of the molecule is CCOC(=O)c1ccc(-c2ccc(/C=C3\NC(N/N=C4\C(=O)Nc5ccccc54)NC3=O)o2)cc1. The highest BCUT2D eigenvalue weighted by Crippen LogP contribution is 2.25. The molecule has 1 unspecified atom stereocenters. The number of rotatable bonds is 6. The Morgan fingerprint density at radius 2 is 1.86 bits per heavy atom. The van der Waals surface area contributed by atoms with Crippen LogP contribution in [0.3, 0.4) is 0 Å². The third-order valence-electron chi connectivity index (χ3n) is 5.36. The van der Waals surface area contributed by atoms with Crippen molar-refractivity contribution >= 4 is 35.3 Å². The number of benzene rings is 2. The largest absolute Gasteiger partial charge is 0.462 e. The first-order valence-corrected chi connectivity index (χ1v) is 10.9. The van der Waals surface area contributed by atoms with Crippen molar-refractivity contribution in [2.45, 2.75) is 13.2 Å². The van der Waals surface area contributed by atoms with Crippen molar-refractivity contribution in [3.8, 4) is 11.3 Å². The zero-order valence-corrected chi connectivity index (χ0v) is 18.6. The first-order chi connectivity index (χ1) is 17.0. The van der Waals surface area contributed by atoms with Crippen molar-refractivity contribution < 1.29 is 23.5 Å². The lowest BCUT2D eigenvalue weighted by Gasteiger charge is -2.10. The molecule has 1 saturated heterocycles. The summed E-state index contributed by atoms with van der Waals surface area (Å²) in [5, 5.41) is 12.6. The van der Waals surface area contributed by atoms with Crippen LogP contribution in [0, 0.1) is 0 Å². The van der Waals surface area contributed by atoms with Gasteiger partial charge in [-0.2, -0.15) is 5.10 Å². The van der Waals surface area contributed by atoms with Crippen LogP contribution in [0.1, 0.15) is 28.6 Å². The summed E-state index contributed by atoms with van der Waals surface area (Å²) >= 11 is 0. The van der Waals surface area contributed by atoms with Crippen molar-refractivity contribution in [3.05, 3.63) is 83.2 Å². The molecule has 10 heteroatoms. The maximum absolute atomic E-state index is 12.4. The molecule has 0 bridgehead atoms. The normalized spacial score (nSPS) is 18.7. The lowest BCUT2D eigenvalue weighted by Crippen LogP contribution is -2.43. The maximum atomic E-state index is 12.4. The van der Waals surface area contributed by atoms with Crippen LogP contribution < -0.4 is 21.4 Å². The van der Waals surface area contributed by atoms with Gasteiger partial charge >= 0.3 is 5.97 Å². The number of esters is 1. The van der Waals surface area contributed by atoms with E-state index in [0.29, 0.717) is 34.9 Å². The molecule has 2 amide bonds. The molecule has 0 aliphatic carbocycles. The standard InChI is InChI=1S/C25H21N5O5/c1-2-34-24(33)15-9-7-14(8-10-15)20-12-11-16(35-20)13-19-22(31)28-25(27-19)30-29-21-17-5-3-4-6-18(17)26-23(21)32/h3-13,25,27,30H,2H2,1H3,(H,28,31)(H,26,29,32)/b19-13-. The summed E-state index contributed by atoms with van der Waals surface area (Å²) in [5.41, 5.74) is 5.88. The van der Waals surface area contributed by atoms with E-state index in [1.807, 2.05) is 12.1 Å². The van der Waals surface area contributed by atoms with Gasteiger partial charge in [-0.1, -0.05) is 30.3 Å². The van der Waals surface area contributed by atoms with E-state index in [9.17, 15) is 14.4 Å². The average molecular weight is 471 g/mol. The lowest BCUT2D eigenvalue weighted by molar-refractivity contribution is -0.116. The predicted molar refractivity (Wildman–Crippen MR) is 128 cm³/mol. The van der Waals surface area contributed by atoms with Crippen LogP contribution in [-0.4, -0.2) is 36.4 Å². The number of ether oxygens (including phenoxy) is 1. The summed E-state index contributed by atoms with van der Waals surface area (Å²) in [5.74, 6) is -0.0120. The smallest absolute Gasteiger partial charge is 0.338 e. The second kappa shape index (κ2) is 9.18. The zero-order valence-electron chi connectivity index (χ0n) is 18.6. The van der Waals surface area contributed by atoms with Crippen LogP contribution >= 0.6 is 0 Å². The Bertz CT molecular complexity index is 1370. The fraction of sp³-hybridized carbons (Fsp3) is 0.120. The minimum atomic E-state index is -0.702. The Morgan fingerprint density at radius 1 is 1.06 bits per heavy atom. The van der Waals surface area contributed by atoms with Gasteiger partial charge in [-0.15, -0.1) is 0 Å². The Morgan fingerprint density at radius 3 is 2.66 bits per heavy atom. The van der Waals surface area contributed by atoms with E-state index in [2.05, 4.69) is 26.5 Å². The number of hydrazone groups is 1. The molecule has 2 aromatic carbocycles. The molecular formula is C25H21N5O5. The van der Waals surface area contributed by atoms with Crippen molar-refractivity contribution in [3.63, 3.8) is 0 Å². The molecule has 1 aromatic heterocycles. The molecular weight excluding hydrogens is 450 g/mol. The molecule has 2 aliphatic rings. The Hall–Kier alpha value is -4.86. The molecule has 3 heterocycles. The van der Waals surface area contributed by atoms with Gasteiger partial charge < -0.3 is 25.1 Å². The minimum absolute atomic E-state index is 0.235. The van der Waals surface area contributed by atoms with Crippen LogP contribution in [0.15, 0.2) is 75.9 Å². The van der Waals surface area contributed by atoms with E-state index < -0.39 is 6.29 Å². The third-order valence-corrected chi connectivity index (χ3v) is 5.36. The molecule has 10 nitrogen and oxygen atoms in total. The molecule has 2 aliphatic heterocycles. The third kappa shape index (κ3) is 4.49. The summed E-state index contributed by atoms with van der Waals surface area (Å²) in [6.07, 6.45) is 0.866. The van der Waals surface area contributed by atoms with E-state index in [-0.39, 0.29) is 29.2 Å². The lowest BCUT2D eigenvalue weighted by atomic mass is 10.1. The quantitative estimate of drug-likeness (QED) is 0.246. The number of carbonyl (C=O) groups excluding carboxylic acids is 3. The minimum Gasteiger partial charge on any atom is -0.462 e. The fourth-order valence-electron chi connectivity index (χ4n) is 3.69. The Labute approximate surface area is 200 Å². The molecule has 4 N–H and O–H groups in total. The van der Waals surface area contributed by atoms with Crippen LogP contribution in [0.2, 0.25) is 0 Å². The van der Waals surface area contributed by atoms with Crippen molar-refractivity contribution in [2.75, 3.05) is 11.9 Å². The van der Waals surface area contributed by atoms with Crippen molar-refractivity contribution in [2.24, 2.45) is 5.10 Å². The predicted octanol–water partition coefficient (Wildman–Crippen LogP) is 2.41. The molecule has 3 aromatic rings. The number of carbonyl (C=O) groups is 3. The molecule has 0 saturated carbocycles. The second-order valence-corrected chi connectivity index (χ2v) is 7.70. The molecule has 0 spiro atoms.